The Hall–Kier alpha value is -2.10. The average molecular weight is 413 g/mol. The molecule has 3 rings (SSSR count). The van der Waals surface area contributed by atoms with Crippen LogP contribution in [0.1, 0.15) is 39.8 Å². The van der Waals surface area contributed by atoms with Gasteiger partial charge in [-0.05, 0) is 33.6 Å². The Morgan fingerprint density at radius 1 is 1.32 bits per heavy atom. The molecule has 0 aromatic carbocycles. The lowest BCUT2D eigenvalue weighted by molar-refractivity contribution is -0.117. The van der Waals surface area contributed by atoms with Crippen LogP contribution in [0, 0.1) is 5.92 Å². The van der Waals surface area contributed by atoms with Crippen molar-refractivity contribution in [2.75, 3.05) is 23.5 Å². The van der Waals surface area contributed by atoms with Gasteiger partial charge < -0.3 is 9.64 Å². The number of sulfone groups is 1. The number of anilines is 1. The number of carbonyl (C=O) groups excluding carboxylic acids is 2. The van der Waals surface area contributed by atoms with Crippen LogP contribution in [0.3, 0.4) is 0 Å². The predicted octanol–water partition coefficient (Wildman–Crippen LogP) is 1.42. The van der Waals surface area contributed by atoms with Crippen LogP contribution in [0.15, 0.2) is 6.20 Å². The molecule has 0 saturated carbocycles. The Bertz CT molecular complexity index is 886. The van der Waals surface area contributed by atoms with E-state index in [9.17, 15) is 18.0 Å². The first-order valence-corrected chi connectivity index (χ1v) is 11.4. The molecule has 0 radical (unpaired) electrons. The van der Waals surface area contributed by atoms with Gasteiger partial charge in [0, 0.05) is 19.2 Å². The molecule has 2 amide bonds. The highest BCUT2D eigenvalue weighted by Gasteiger charge is 2.38. The number of ether oxygens (including phenoxy) is 1. The van der Waals surface area contributed by atoms with Gasteiger partial charge in [0.25, 0.3) is 0 Å². The Balaban J connectivity index is 1.81. The Morgan fingerprint density at radius 3 is 2.61 bits per heavy atom. The molecule has 2 atom stereocenters. The maximum atomic E-state index is 12.6. The molecule has 28 heavy (non-hydrogen) atoms. The van der Waals surface area contributed by atoms with Crippen molar-refractivity contribution in [2.24, 2.45) is 5.92 Å². The lowest BCUT2D eigenvalue weighted by atomic mass is 10.1. The lowest BCUT2D eigenvalue weighted by Gasteiger charge is -2.36. The molecule has 2 aliphatic heterocycles. The maximum absolute atomic E-state index is 12.6. The zero-order chi connectivity index (χ0) is 20.9. The molecule has 0 N–H and O–H groups in total. The van der Waals surface area contributed by atoms with E-state index in [-0.39, 0.29) is 36.6 Å². The van der Waals surface area contributed by atoms with E-state index >= 15 is 0 Å². The number of aromatic nitrogens is 2. The highest BCUT2D eigenvalue weighted by atomic mass is 32.2. The van der Waals surface area contributed by atoms with E-state index in [1.54, 1.807) is 20.7 Å². The minimum Gasteiger partial charge on any atom is -0.444 e. The summed E-state index contributed by atoms with van der Waals surface area (Å²) in [5, 5.41) is 4.38. The number of rotatable bonds is 3. The van der Waals surface area contributed by atoms with Crippen LogP contribution >= 0.6 is 0 Å². The number of hydrogen-bond acceptors (Lipinski definition) is 6. The van der Waals surface area contributed by atoms with Crippen molar-refractivity contribution >= 4 is 27.5 Å². The van der Waals surface area contributed by atoms with Crippen LogP contribution in [-0.2, 0) is 32.5 Å². The third-order valence-electron chi connectivity index (χ3n) is 4.88. The number of fused-ring (bicyclic) bond motifs is 1. The van der Waals surface area contributed by atoms with Gasteiger partial charge in [0.1, 0.15) is 15.4 Å². The fourth-order valence-corrected chi connectivity index (χ4v) is 4.81. The molecule has 1 unspecified atom stereocenters. The first-order chi connectivity index (χ1) is 12.8. The number of nitrogens with zero attached hydrogens (tertiary/aromatic N) is 4. The van der Waals surface area contributed by atoms with Gasteiger partial charge in [0.05, 0.1) is 42.5 Å². The van der Waals surface area contributed by atoms with Gasteiger partial charge in [-0.2, -0.15) is 5.10 Å². The SMILES string of the molecule is C[C@H]1Cn2ncc(N3CC(CS(C)(=O)=O)CC3=O)c2CN1C(=O)OC(C)(C)C. The minimum absolute atomic E-state index is 0.0141. The fourth-order valence-electron chi connectivity index (χ4n) is 3.73. The summed E-state index contributed by atoms with van der Waals surface area (Å²) < 4.78 is 30.5. The first kappa shape index (κ1) is 20.6. The average Bonchev–Trinajstić information content (AvgIpc) is 3.05. The molecule has 1 aromatic heterocycles. The molecule has 1 saturated heterocycles. The standard InChI is InChI=1S/C18H28N4O5S/c1-12-8-22-15(10-20(12)17(24)27-18(2,3)4)14(7-19-22)21-9-13(6-16(21)23)11-28(5,25)26/h7,12-13H,6,8-11H2,1-5H3/t12-,13?/m0/s1. The molecule has 156 valence electrons. The topological polar surface area (TPSA) is 102 Å². The Kier molecular flexibility index (Phi) is 5.20. The van der Waals surface area contributed by atoms with Crippen LogP contribution in [0.5, 0.6) is 0 Å². The van der Waals surface area contributed by atoms with Gasteiger partial charge in [0.2, 0.25) is 5.91 Å². The van der Waals surface area contributed by atoms with E-state index in [2.05, 4.69) is 5.10 Å². The fraction of sp³-hybridized carbons (Fsp3) is 0.722. The Morgan fingerprint density at radius 2 is 2.00 bits per heavy atom. The second-order valence-electron chi connectivity index (χ2n) is 8.78. The van der Waals surface area contributed by atoms with Gasteiger partial charge >= 0.3 is 6.09 Å². The smallest absolute Gasteiger partial charge is 0.410 e. The van der Waals surface area contributed by atoms with Crippen molar-refractivity contribution in [1.82, 2.24) is 14.7 Å². The van der Waals surface area contributed by atoms with E-state index < -0.39 is 21.5 Å². The second-order valence-corrected chi connectivity index (χ2v) is 11.0. The maximum Gasteiger partial charge on any atom is 0.410 e. The highest BCUT2D eigenvalue weighted by molar-refractivity contribution is 7.90. The van der Waals surface area contributed by atoms with E-state index in [4.69, 9.17) is 4.74 Å². The molecule has 0 spiro atoms. The molecular weight excluding hydrogens is 384 g/mol. The van der Waals surface area contributed by atoms with Crippen LogP contribution in [0.25, 0.3) is 0 Å². The number of hydrogen-bond donors (Lipinski definition) is 0. The zero-order valence-corrected chi connectivity index (χ0v) is 17.8. The van der Waals surface area contributed by atoms with Crippen molar-refractivity contribution in [2.45, 2.75) is 58.8 Å². The molecule has 0 bridgehead atoms. The third kappa shape index (κ3) is 4.48. The monoisotopic (exact) mass is 412 g/mol. The molecule has 10 heteroatoms. The summed E-state index contributed by atoms with van der Waals surface area (Å²) in [4.78, 5) is 28.3. The summed E-state index contributed by atoms with van der Waals surface area (Å²) in [5.41, 5.74) is 0.806. The second kappa shape index (κ2) is 7.06. The number of amides is 2. The van der Waals surface area contributed by atoms with E-state index in [1.165, 1.54) is 6.26 Å². The van der Waals surface area contributed by atoms with Crippen molar-refractivity contribution in [3.05, 3.63) is 11.9 Å². The van der Waals surface area contributed by atoms with Gasteiger partial charge in [-0.3, -0.25) is 14.4 Å². The summed E-state index contributed by atoms with van der Waals surface area (Å²) in [5.74, 6) is -0.367. The van der Waals surface area contributed by atoms with Crippen molar-refractivity contribution in [3.63, 3.8) is 0 Å². The van der Waals surface area contributed by atoms with E-state index in [0.29, 0.717) is 18.8 Å². The van der Waals surface area contributed by atoms with Crippen molar-refractivity contribution in [3.8, 4) is 0 Å². The summed E-state index contributed by atoms with van der Waals surface area (Å²) >= 11 is 0. The summed E-state index contributed by atoms with van der Waals surface area (Å²) in [6, 6.07) is -0.0950. The van der Waals surface area contributed by atoms with Crippen molar-refractivity contribution < 1.29 is 22.7 Å². The largest absolute Gasteiger partial charge is 0.444 e. The first-order valence-electron chi connectivity index (χ1n) is 9.36. The van der Waals surface area contributed by atoms with Crippen LogP contribution < -0.4 is 4.90 Å². The molecule has 2 aliphatic rings. The molecule has 1 fully saturated rings. The van der Waals surface area contributed by atoms with Crippen molar-refractivity contribution in [1.29, 1.82) is 0 Å². The van der Waals surface area contributed by atoms with E-state index in [1.807, 2.05) is 27.7 Å². The van der Waals surface area contributed by atoms with Gasteiger partial charge in [-0.25, -0.2) is 13.2 Å². The van der Waals surface area contributed by atoms with Gasteiger partial charge in [0.15, 0.2) is 0 Å². The molecule has 9 nitrogen and oxygen atoms in total. The normalized spacial score (nSPS) is 23.1. The van der Waals surface area contributed by atoms with Gasteiger partial charge in [-0.1, -0.05) is 0 Å². The quantitative estimate of drug-likeness (QED) is 0.744. The molecule has 1 aromatic rings. The Labute approximate surface area is 165 Å². The minimum atomic E-state index is -3.15. The van der Waals surface area contributed by atoms with Gasteiger partial charge in [-0.15, -0.1) is 0 Å². The number of carbonyl (C=O) groups is 2. The van der Waals surface area contributed by atoms with Crippen LogP contribution in [0.4, 0.5) is 10.5 Å². The third-order valence-corrected chi connectivity index (χ3v) is 5.96. The predicted molar refractivity (Wildman–Crippen MR) is 104 cm³/mol. The zero-order valence-electron chi connectivity index (χ0n) is 17.0. The van der Waals surface area contributed by atoms with Crippen LogP contribution in [0.2, 0.25) is 0 Å². The van der Waals surface area contributed by atoms with Crippen LogP contribution in [-0.4, -0.2) is 65.3 Å². The lowest BCUT2D eigenvalue weighted by Crippen LogP contribution is -2.47. The molecule has 0 aliphatic carbocycles. The highest BCUT2D eigenvalue weighted by Crippen LogP contribution is 2.32. The summed E-state index contributed by atoms with van der Waals surface area (Å²) in [7, 11) is -3.15. The van der Waals surface area contributed by atoms with E-state index in [0.717, 1.165) is 5.69 Å². The summed E-state index contributed by atoms with van der Waals surface area (Å²) in [6.45, 7) is 8.51. The molecular formula is C18H28N4O5S. The molecule has 3 heterocycles. The summed E-state index contributed by atoms with van der Waals surface area (Å²) in [6.07, 6.45) is 2.61.